The molecule has 0 saturated carbocycles. The van der Waals surface area contributed by atoms with Gasteiger partial charge in [-0.05, 0) is 81.5 Å². The Morgan fingerprint density at radius 3 is 2.56 bits per heavy atom. The monoisotopic (exact) mass is 575 g/mol. The van der Waals surface area contributed by atoms with Crippen LogP contribution in [0.1, 0.15) is 69.0 Å². The van der Waals surface area contributed by atoms with Gasteiger partial charge in [-0.1, -0.05) is 96.2 Å². The molecule has 0 radical (unpaired) electrons. The van der Waals surface area contributed by atoms with E-state index >= 15 is 0 Å². The van der Waals surface area contributed by atoms with Crippen molar-refractivity contribution >= 4 is 22.3 Å². The van der Waals surface area contributed by atoms with Gasteiger partial charge in [-0.15, -0.1) is 0 Å². The van der Waals surface area contributed by atoms with Crippen molar-refractivity contribution in [2.45, 2.75) is 59.5 Å². The summed E-state index contributed by atoms with van der Waals surface area (Å²) >= 11 is 0. The highest BCUT2D eigenvalue weighted by atomic mass is 16.3. The molecular formula is C37H45N5O. The molecule has 1 aromatic heterocycles. The molecule has 0 unspecified atom stereocenters. The normalized spacial score (nSPS) is 17.7. The molecule has 0 aliphatic heterocycles. The van der Waals surface area contributed by atoms with Crippen molar-refractivity contribution in [2.24, 2.45) is 5.84 Å². The Morgan fingerprint density at radius 1 is 1.02 bits per heavy atom. The van der Waals surface area contributed by atoms with Crippen molar-refractivity contribution in [1.29, 1.82) is 0 Å². The van der Waals surface area contributed by atoms with Crippen LogP contribution in [0.3, 0.4) is 0 Å². The fourth-order valence-corrected chi connectivity index (χ4v) is 5.03. The van der Waals surface area contributed by atoms with E-state index < -0.39 is 0 Å². The third-order valence-electron chi connectivity index (χ3n) is 7.66. The second kappa shape index (κ2) is 15.7. The Balaban J connectivity index is 1.62. The van der Waals surface area contributed by atoms with Crippen molar-refractivity contribution in [3.8, 4) is 0 Å². The lowest BCUT2D eigenvalue weighted by atomic mass is 9.98. The van der Waals surface area contributed by atoms with Gasteiger partial charge in [0, 0.05) is 13.0 Å². The first-order valence-corrected chi connectivity index (χ1v) is 15.1. The number of nitrogens with one attached hydrogen (secondary N) is 2. The average molecular weight is 576 g/mol. The second-order valence-corrected chi connectivity index (χ2v) is 10.9. The summed E-state index contributed by atoms with van der Waals surface area (Å²) in [6, 6.07) is 14.7. The molecule has 1 heterocycles. The maximum absolute atomic E-state index is 11.5. The fourth-order valence-electron chi connectivity index (χ4n) is 5.03. The number of aliphatic hydroxyl groups excluding tert-OH is 1. The van der Waals surface area contributed by atoms with E-state index in [1.165, 1.54) is 16.7 Å². The van der Waals surface area contributed by atoms with Gasteiger partial charge >= 0.3 is 0 Å². The molecule has 1 aliphatic rings. The standard InChI is InChI=1S/C37H45N5O/c1-5-27(3)14-15-28(6-2)19-23-35(43)36(37-40-33-22-18-30(25-39-4)24-34(33)41-37)42(38)26-29-16-20-32(21-17-29)31-12-10-8-7-9-11-13-31/h5-10,12,14-18,20-22,24,39,43H,11,13,19,23,25-26,38H2,1-4H3,(H,40,41)/b9-7-,10-8-,15-14-,27-5-,28-6+,31-12+,36-35+. The van der Waals surface area contributed by atoms with Crippen LogP contribution in [0.15, 0.2) is 114 Å². The van der Waals surface area contributed by atoms with Crippen LogP contribution in [0.2, 0.25) is 0 Å². The molecule has 3 aromatic rings. The minimum Gasteiger partial charge on any atom is -0.510 e. The van der Waals surface area contributed by atoms with E-state index in [-0.39, 0.29) is 5.76 Å². The van der Waals surface area contributed by atoms with Crippen LogP contribution < -0.4 is 11.2 Å². The Bertz CT molecular complexity index is 1600. The maximum atomic E-state index is 11.5. The summed E-state index contributed by atoms with van der Waals surface area (Å²) in [5.41, 5.74) is 9.28. The predicted octanol–water partition coefficient (Wildman–Crippen LogP) is 8.42. The highest BCUT2D eigenvalue weighted by Crippen LogP contribution is 2.27. The zero-order valence-corrected chi connectivity index (χ0v) is 25.9. The highest BCUT2D eigenvalue weighted by Gasteiger charge is 2.19. The fraction of sp³-hybridized carbons (Fsp3) is 0.270. The number of aliphatic hydroxyl groups is 1. The quantitative estimate of drug-likeness (QED) is 0.0753. The van der Waals surface area contributed by atoms with Crippen LogP contribution in [0, 0.1) is 0 Å². The molecule has 2 aromatic carbocycles. The van der Waals surface area contributed by atoms with Gasteiger partial charge in [0.1, 0.15) is 11.5 Å². The third-order valence-corrected chi connectivity index (χ3v) is 7.66. The molecule has 0 atom stereocenters. The zero-order valence-electron chi connectivity index (χ0n) is 25.9. The largest absolute Gasteiger partial charge is 0.510 e. The van der Waals surface area contributed by atoms with Gasteiger partial charge in [-0.25, -0.2) is 10.8 Å². The topological polar surface area (TPSA) is 90.2 Å². The van der Waals surface area contributed by atoms with Crippen LogP contribution in [0.5, 0.6) is 0 Å². The Morgan fingerprint density at radius 2 is 1.81 bits per heavy atom. The molecule has 224 valence electrons. The van der Waals surface area contributed by atoms with E-state index in [9.17, 15) is 5.11 Å². The number of rotatable bonds is 12. The summed E-state index contributed by atoms with van der Waals surface area (Å²) in [7, 11) is 1.93. The van der Waals surface area contributed by atoms with E-state index in [1.807, 2.05) is 27.0 Å². The van der Waals surface area contributed by atoms with Crippen molar-refractivity contribution in [3.63, 3.8) is 0 Å². The van der Waals surface area contributed by atoms with E-state index in [0.29, 0.717) is 30.9 Å². The maximum Gasteiger partial charge on any atom is 0.159 e. The Hall–Kier alpha value is -4.39. The second-order valence-electron chi connectivity index (χ2n) is 10.9. The van der Waals surface area contributed by atoms with E-state index in [4.69, 9.17) is 10.8 Å². The number of fused-ring (bicyclic) bond motifs is 1. The summed E-state index contributed by atoms with van der Waals surface area (Å²) in [5, 5.41) is 16.3. The molecule has 0 bridgehead atoms. The van der Waals surface area contributed by atoms with Crippen molar-refractivity contribution in [1.82, 2.24) is 20.3 Å². The number of hydrogen-bond donors (Lipinski definition) is 4. The summed E-state index contributed by atoms with van der Waals surface area (Å²) < 4.78 is 0. The van der Waals surface area contributed by atoms with Gasteiger partial charge in [-0.3, -0.25) is 0 Å². The van der Waals surface area contributed by atoms with E-state index in [0.717, 1.165) is 47.1 Å². The van der Waals surface area contributed by atoms with Crippen LogP contribution in [0.25, 0.3) is 22.3 Å². The molecule has 6 nitrogen and oxygen atoms in total. The lowest BCUT2D eigenvalue weighted by molar-refractivity contribution is 0.345. The van der Waals surface area contributed by atoms with Gasteiger partial charge in [0.25, 0.3) is 0 Å². The molecule has 0 fully saturated rings. The minimum absolute atomic E-state index is 0.198. The van der Waals surface area contributed by atoms with Gasteiger partial charge in [0.2, 0.25) is 0 Å². The number of hydrogen-bond acceptors (Lipinski definition) is 5. The van der Waals surface area contributed by atoms with E-state index in [2.05, 4.69) is 108 Å². The van der Waals surface area contributed by atoms with E-state index in [1.54, 1.807) is 5.01 Å². The van der Waals surface area contributed by atoms with Gasteiger partial charge in [-0.2, -0.15) is 0 Å². The molecule has 1 aliphatic carbocycles. The van der Waals surface area contributed by atoms with Gasteiger partial charge in [0.05, 0.1) is 17.6 Å². The average Bonchev–Trinajstić information content (AvgIpc) is 3.40. The molecule has 43 heavy (non-hydrogen) atoms. The van der Waals surface area contributed by atoms with Crippen LogP contribution >= 0.6 is 0 Å². The Kier molecular flexibility index (Phi) is 11.5. The number of aromatic nitrogens is 2. The molecule has 0 saturated heterocycles. The molecule has 0 amide bonds. The van der Waals surface area contributed by atoms with Crippen molar-refractivity contribution in [2.75, 3.05) is 7.05 Å². The lowest BCUT2D eigenvalue weighted by Gasteiger charge is -2.22. The first-order chi connectivity index (χ1) is 20.9. The summed E-state index contributed by atoms with van der Waals surface area (Å²) in [4.78, 5) is 8.26. The number of nitrogens with two attached hydrogens (primary N) is 1. The van der Waals surface area contributed by atoms with Crippen molar-refractivity contribution < 1.29 is 5.11 Å². The van der Waals surface area contributed by atoms with Gasteiger partial charge in [0.15, 0.2) is 5.82 Å². The minimum atomic E-state index is 0.198. The first-order valence-electron chi connectivity index (χ1n) is 15.1. The molecular weight excluding hydrogens is 530 g/mol. The van der Waals surface area contributed by atoms with Crippen LogP contribution in [0.4, 0.5) is 0 Å². The summed E-state index contributed by atoms with van der Waals surface area (Å²) in [5.74, 6) is 7.49. The number of benzene rings is 2. The first kappa shape index (κ1) is 31.5. The predicted molar refractivity (Wildman–Crippen MR) is 182 cm³/mol. The number of nitrogens with zero attached hydrogens (tertiary/aromatic N) is 2. The molecule has 4 rings (SSSR count). The zero-order chi connectivity index (χ0) is 30.6. The third kappa shape index (κ3) is 8.80. The summed E-state index contributed by atoms with van der Waals surface area (Å²) in [6.45, 7) is 7.30. The highest BCUT2D eigenvalue weighted by molar-refractivity contribution is 5.79. The number of hydrazine groups is 1. The number of allylic oxidation sites excluding steroid dienone is 13. The van der Waals surface area contributed by atoms with Crippen LogP contribution in [-0.2, 0) is 13.1 Å². The molecule has 6 heteroatoms. The Labute approximate surface area is 256 Å². The molecule has 5 N–H and O–H groups in total. The SMILES string of the molecule is C\C=C(C)/C=C\C(=C/C)CC/C(O)=C(/c1nc2ccc(CNC)cc2[nH]1)N(N)Cc1ccc(/C2=C/C=C\C=C/CC2)cc1. The smallest absolute Gasteiger partial charge is 0.159 e. The molecule has 0 spiro atoms. The van der Waals surface area contributed by atoms with Gasteiger partial charge < -0.3 is 20.4 Å². The van der Waals surface area contributed by atoms with Crippen molar-refractivity contribution in [3.05, 3.63) is 137 Å². The van der Waals surface area contributed by atoms with Crippen LogP contribution in [-0.4, -0.2) is 27.1 Å². The number of H-pyrrole nitrogens is 1. The lowest BCUT2D eigenvalue weighted by Crippen LogP contribution is -2.30. The number of imidazole rings is 1. The number of aromatic amines is 1. The summed E-state index contributed by atoms with van der Waals surface area (Å²) in [6.07, 6.45) is 22.1.